The zero-order valence-electron chi connectivity index (χ0n) is 48.0. The van der Waals surface area contributed by atoms with Crippen LogP contribution in [0.3, 0.4) is 0 Å². The molecule has 0 amide bonds. The van der Waals surface area contributed by atoms with Crippen molar-refractivity contribution in [1.29, 1.82) is 0 Å². The van der Waals surface area contributed by atoms with Crippen LogP contribution in [0.15, 0.2) is 152 Å². The van der Waals surface area contributed by atoms with E-state index in [4.69, 9.17) is 0 Å². The summed E-state index contributed by atoms with van der Waals surface area (Å²) in [6.07, 6.45) is 3.47. The maximum absolute atomic E-state index is 2.73. The second kappa shape index (κ2) is 16.1. The number of aryl methyl sites for hydroxylation is 2. The number of para-hydroxylation sites is 2. The van der Waals surface area contributed by atoms with Gasteiger partial charge in [0.25, 0.3) is 6.71 Å². The average Bonchev–Trinajstić information content (AvgIpc) is 3.73. The van der Waals surface area contributed by atoms with E-state index < -0.39 is 0 Å². The first-order valence-corrected chi connectivity index (χ1v) is 28.3. The number of nitrogens with zero attached hydrogens (tertiary/aromatic N) is 3. The third-order valence-corrected chi connectivity index (χ3v) is 19.2. The van der Waals surface area contributed by atoms with Crippen LogP contribution >= 0.6 is 0 Å². The highest BCUT2D eigenvalue weighted by Gasteiger charge is 2.49. The Bertz CT molecular complexity index is 3690. The van der Waals surface area contributed by atoms with Crippen molar-refractivity contribution < 1.29 is 0 Å². The molecule has 0 bridgehead atoms. The summed E-state index contributed by atoms with van der Waals surface area (Å²) in [6.45, 7) is 36.4. The first-order chi connectivity index (χ1) is 35.9. The predicted molar refractivity (Wildman–Crippen MR) is 327 cm³/mol. The quantitative estimate of drug-likeness (QED) is 0.159. The van der Waals surface area contributed by atoms with E-state index in [0.29, 0.717) is 0 Å². The minimum absolute atomic E-state index is 0.0110. The molecule has 0 saturated carbocycles. The molecule has 8 aromatic rings. The van der Waals surface area contributed by atoms with Gasteiger partial charge in [-0.1, -0.05) is 169 Å². The number of anilines is 9. The van der Waals surface area contributed by atoms with Gasteiger partial charge in [-0.25, -0.2) is 0 Å². The van der Waals surface area contributed by atoms with Crippen LogP contribution < -0.4 is 31.1 Å². The molecular weight excluding hydrogens is 918 g/mol. The molecule has 76 heavy (non-hydrogen) atoms. The van der Waals surface area contributed by atoms with Crippen LogP contribution in [0, 0.1) is 13.8 Å². The number of hydrogen-bond acceptors (Lipinski definition) is 3. The standard InChI is InChI=1S/C72H76BN3/c1-44-34-64-66-65(35-44)76(61-41-57-55(36-45(61)2)68(6,7)32-33-69(57,8)9)63-42-58-56(70(10,11)43-71(58,12)13)40-60(63)73(66)59-31-28-50(74(47-22-18-16-19-23-47)48-24-20-17-21-25-48)39-62(59)75(64)49-27-30-52-51-29-26-46(67(3,4)5)37-53(51)72(14,15)54(52)38-49/h16-31,34-42H,32-33,43H2,1-15H3. The normalized spacial score (nSPS) is 18.2. The lowest BCUT2D eigenvalue weighted by Crippen LogP contribution is -2.61. The Morgan fingerprint density at radius 1 is 0.434 bits per heavy atom. The Labute approximate surface area is 455 Å². The molecule has 3 aliphatic carbocycles. The van der Waals surface area contributed by atoms with Crippen molar-refractivity contribution in [2.75, 3.05) is 14.7 Å². The van der Waals surface area contributed by atoms with Gasteiger partial charge in [0.2, 0.25) is 0 Å². The minimum atomic E-state index is -0.197. The van der Waals surface area contributed by atoms with Gasteiger partial charge in [-0.15, -0.1) is 0 Å². The molecule has 2 heterocycles. The molecule has 0 spiro atoms. The lowest BCUT2D eigenvalue weighted by Gasteiger charge is -2.47. The van der Waals surface area contributed by atoms with E-state index in [1.165, 1.54) is 125 Å². The topological polar surface area (TPSA) is 9.72 Å². The molecule has 0 radical (unpaired) electrons. The fraction of sp³-hybridized carbons (Fsp3) is 0.333. The van der Waals surface area contributed by atoms with Gasteiger partial charge in [0.1, 0.15) is 0 Å². The van der Waals surface area contributed by atoms with Gasteiger partial charge in [0, 0.05) is 56.6 Å². The summed E-state index contributed by atoms with van der Waals surface area (Å²) in [5.41, 5.74) is 30.6. The lowest BCUT2D eigenvalue weighted by molar-refractivity contribution is 0.332. The van der Waals surface area contributed by atoms with Gasteiger partial charge < -0.3 is 14.7 Å². The number of rotatable bonds is 5. The van der Waals surface area contributed by atoms with Crippen LogP contribution in [0.25, 0.3) is 11.1 Å². The highest BCUT2D eigenvalue weighted by atomic mass is 15.2. The van der Waals surface area contributed by atoms with Gasteiger partial charge in [-0.05, 0) is 211 Å². The van der Waals surface area contributed by atoms with E-state index in [-0.39, 0.29) is 39.2 Å². The van der Waals surface area contributed by atoms with Crippen molar-refractivity contribution in [3.63, 3.8) is 0 Å². The van der Waals surface area contributed by atoms with Gasteiger partial charge in [-0.2, -0.15) is 0 Å². The summed E-state index contributed by atoms with van der Waals surface area (Å²) in [5, 5.41) is 0. The third-order valence-electron chi connectivity index (χ3n) is 19.2. The number of benzene rings is 8. The monoisotopic (exact) mass is 994 g/mol. The fourth-order valence-electron chi connectivity index (χ4n) is 15.1. The van der Waals surface area contributed by atoms with Crippen LogP contribution in [0.2, 0.25) is 0 Å². The van der Waals surface area contributed by atoms with Crippen LogP contribution in [0.1, 0.15) is 159 Å². The van der Waals surface area contributed by atoms with E-state index >= 15 is 0 Å². The second-order valence-electron chi connectivity index (χ2n) is 27.8. The van der Waals surface area contributed by atoms with Crippen molar-refractivity contribution in [2.45, 2.75) is 156 Å². The van der Waals surface area contributed by atoms with E-state index in [2.05, 4.69) is 270 Å². The molecule has 0 aromatic heterocycles. The molecular formula is C72H76BN3. The first-order valence-electron chi connectivity index (χ1n) is 28.3. The number of fused-ring (bicyclic) bond motifs is 9. The van der Waals surface area contributed by atoms with Crippen LogP contribution in [-0.4, -0.2) is 6.71 Å². The molecule has 13 rings (SSSR count). The van der Waals surface area contributed by atoms with Crippen LogP contribution in [0.5, 0.6) is 0 Å². The van der Waals surface area contributed by atoms with Crippen molar-refractivity contribution >= 4 is 74.3 Å². The summed E-state index contributed by atoms with van der Waals surface area (Å²) < 4.78 is 0. The third kappa shape index (κ3) is 7.14. The fourth-order valence-corrected chi connectivity index (χ4v) is 15.1. The summed E-state index contributed by atoms with van der Waals surface area (Å²) >= 11 is 0. The zero-order chi connectivity index (χ0) is 53.4. The summed E-state index contributed by atoms with van der Waals surface area (Å²) in [6, 6.07) is 59.4. The van der Waals surface area contributed by atoms with Crippen LogP contribution in [-0.2, 0) is 32.5 Å². The highest BCUT2D eigenvalue weighted by Crippen LogP contribution is 2.56. The van der Waals surface area contributed by atoms with Crippen molar-refractivity contribution in [3.8, 4) is 11.1 Å². The van der Waals surface area contributed by atoms with Gasteiger partial charge in [0.05, 0.1) is 0 Å². The Morgan fingerprint density at radius 3 is 1.58 bits per heavy atom. The first kappa shape index (κ1) is 48.8. The Hall–Kier alpha value is -6.78. The molecule has 0 N–H and O–H groups in total. The molecule has 0 atom stereocenters. The maximum Gasteiger partial charge on any atom is 0.252 e. The Morgan fingerprint density at radius 2 is 0.961 bits per heavy atom. The Balaban J connectivity index is 1.11. The van der Waals surface area contributed by atoms with E-state index in [1.807, 2.05) is 0 Å². The van der Waals surface area contributed by atoms with Crippen LogP contribution in [0.4, 0.5) is 51.2 Å². The minimum Gasteiger partial charge on any atom is -0.311 e. The maximum atomic E-state index is 2.73. The summed E-state index contributed by atoms with van der Waals surface area (Å²) in [4.78, 5) is 7.82. The van der Waals surface area contributed by atoms with Gasteiger partial charge in [0.15, 0.2) is 0 Å². The van der Waals surface area contributed by atoms with Crippen molar-refractivity contribution in [2.24, 2.45) is 0 Å². The molecule has 2 aliphatic heterocycles. The predicted octanol–water partition coefficient (Wildman–Crippen LogP) is 17.8. The van der Waals surface area contributed by atoms with E-state index in [1.54, 1.807) is 0 Å². The molecule has 3 nitrogen and oxygen atoms in total. The molecule has 0 fully saturated rings. The molecule has 5 aliphatic rings. The second-order valence-corrected chi connectivity index (χ2v) is 27.8. The highest BCUT2D eigenvalue weighted by molar-refractivity contribution is 7.00. The van der Waals surface area contributed by atoms with Gasteiger partial charge in [-0.3, -0.25) is 0 Å². The van der Waals surface area contributed by atoms with E-state index in [0.717, 1.165) is 23.5 Å². The number of hydrogen-bond donors (Lipinski definition) is 0. The lowest BCUT2D eigenvalue weighted by atomic mass is 9.33. The molecule has 0 unspecified atom stereocenters. The van der Waals surface area contributed by atoms with E-state index in [9.17, 15) is 0 Å². The largest absolute Gasteiger partial charge is 0.311 e. The Kier molecular flexibility index (Phi) is 10.4. The molecule has 4 heteroatoms. The molecule has 0 saturated heterocycles. The zero-order valence-corrected chi connectivity index (χ0v) is 48.0. The molecule has 382 valence electrons. The summed E-state index contributed by atoms with van der Waals surface area (Å²) in [5.74, 6) is 0. The van der Waals surface area contributed by atoms with Gasteiger partial charge >= 0.3 is 0 Å². The van der Waals surface area contributed by atoms with Crippen molar-refractivity contribution in [3.05, 3.63) is 202 Å². The summed E-state index contributed by atoms with van der Waals surface area (Å²) in [7, 11) is 0. The average molecular weight is 994 g/mol. The van der Waals surface area contributed by atoms with Crippen molar-refractivity contribution in [1.82, 2.24) is 0 Å². The molecule has 8 aromatic carbocycles. The SMILES string of the molecule is Cc1cc2c3c(c1)N(c1cc4c(cc1C)C(C)(C)CCC4(C)C)c1cc4c(cc1B3c1ccc(N(c3ccccc3)c3ccccc3)cc1N2c1ccc2c(c1)C(C)(C)c1cc(C(C)(C)C)ccc1-2)C(C)(C)CC4(C)C. The smallest absolute Gasteiger partial charge is 0.252 e.